The maximum absolute atomic E-state index is 5.84. The predicted octanol–water partition coefficient (Wildman–Crippen LogP) is 3.76. The van der Waals surface area contributed by atoms with Crippen LogP contribution in [0.5, 0.6) is 0 Å². The molecule has 0 spiro atoms. The van der Waals surface area contributed by atoms with Crippen LogP contribution in [0.1, 0.15) is 58.3 Å². The Bertz CT molecular complexity index is 231. The number of guanidine groups is 1. The lowest BCUT2D eigenvalue weighted by atomic mass is 10.1. The van der Waals surface area contributed by atoms with Crippen molar-refractivity contribution < 1.29 is 0 Å². The Morgan fingerprint density at radius 3 is 2.68 bits per heavy atom. The van der Waals surface area contributed by atoms with E-state index in [9.17, 15) is 0 Å². The molecule has 1 unspecified atom stereocenters. The quantitative estimate of drug-likeness (QED) is 0.269. The van der Waals surface area contributed by atoms with Gasteiger partial charge in [-0.25, -0.2) is 0 Å². The lowest BCUT2D eigenvalue weighted by Gasteiger charge is -2.07. The summed E-state index contributed by atoms with van der Waals surface area (Å²) in [6.45, 7) is 4.11. The molecule has 0 aromatic carbocycles. The standard InChI is InChI=1S/C14H29N3S.HI/c1-2-3-4-5-6-7-10-16-14(15)17-12-13-9-8-11-18-13;/h13H,2-12H2,1H3,(H3,15,16,17);1H. The number of nitrogens with zero attached hydrogens (tertiary/aromatic N) is 1. The number of halogens is 1. The Balaban J connectivity index is 0.00000324. The molecule has 3 N–H and O–H groups in total. The van der Waals surface area contributed by atoms with Crippen molar-refractivity contribution in [1.29, 1.82) is 0 Å². The first kappa shape index (κ1) is 19.4. The van der Waals surface area contributed by atoms with Gasteiger partial charge in [0.1, 0.15) is 0 Å². The SMILES string of the molecule is CCCCCCCCNC(N)=NCC1CCCS1.I. The summed E-state index contributed by atoms with van der Waals surface area (Å²) in [6, 6.07) is 0. The third-order valence-corrected chi connectivity index (χ3v) is 4.71. The van der Waals surface area contributed by atoms with Crippen molar-refractivity contribution in [2.24, 2.45) is 10.7 Å². The van der Waals surface area contributed by atoms with Crippen molar-refractivity contribution in [1.82, 2.24) is 5.32 Å². The van der Waals surface area contributed by atoms with Crippen LogP contribution in [0.4, 0.5) is 0 Å². The molecule has 0 aromatic rings. The van der Waals surface area contributed by atoms with Crippen LogP contribution < -0.4 is 11.1 Å². The zero-order valence-corrected chi connectivity index (χ0v) is 15.3. The summed E-state index contributed by atoms with van der Waals surface area (Å²) in [5.41, 5.74) is 5.84. The number of aliphatic imine (C=N–C) groups is 1. The van der Waals surface area contributed by atoms with E-state index in [4.69, 9.17) is 5.73 Å². The third-order valence-electron chi connectivity index (χ3n) is 3.33. The normalized spacial score (nSPS) is 19.2. The van der Waals surface area contributed by atoms with E-state index in [1.807, 2.05) is 11.8 Å². The molecule has 0 radical (unpaired) electrons. The van der Waals surface area contributed by atoms with Gasteiger partial charge in [-0.3, -0.25) is 4.99 Å². The van der Waals surface area contributed by atoms with Gasteiger partial charge in [-0.15, -0.1) is 24.0 Å². The zero-order valence-electron chi connectivity index (χ0n) is 12.2. The number of nitrogens with one attached hydrogen (secondary N) is 1. The van der Waals surface area contributed by atoms with Gasteiger partial charge in [-0.2, -0.15) is 11.8 Å². The van der Waals surface area contributed by atoms with Crippen molar-refractivity contribution in [3.63, 3.8) is 0 Å². The van der Waals surface area contributed by atoms with E-state index in [-0.39, 0.29) is 24.0 Å². The van der Waals surface area contributed by atoms with Gasteiger partial charge in [0, 0.05) is 11.8 Å². The molecule has 0 saturated carbocycles. The van der Waals surface area contributed by atoms with Crippen LogP contribution >= 0.6 is 35.7 Å². The summed E-state index contributed by atoms with van der Waals surface area (Å²) in [5.74, 6) is 1.93. The zero-order chi connectivity index (χ0) is 13.1. The molecule has 5 heteroatoms. The number of hydrogen-bond acceptors (Lipinski definition) is 2. The minimum absolute atomic E-state index is 0. The van der Waals surface area contributed by atoms with Gasteiger partial charge >= 0.3 is 0 Å². The van der Waals surface area contributed by atoms with Gasteiger partial charge < -0.3 is 11.1 Å². The Morgan fingerprint density at radius 1 is 1.26 bits per heavy atom. The molecule has 0 bridgehead atoms. The predicted molar refractivity (Wildman–Crippen MR) is 98.8 cm³/mol. The first-order valence-electron chi connectivity index (χ1n) is 7.48. The fourth-order valence-electron chi connectivity index (χ4n) is 2.17. The number of unbranched alkanes of at least 4 members (excludes halogenated alkanes) is 5. The van der Waals surface area contributed by atoms with Crippen molar-refractivity contribution in [3.8, 4) is 0 Å². The van der Waals surface area contributed by atoms with Crippen LogP contribution in [0, 0.1) is 0 Å². The molecule has 1 aliphatic rings. The molecule has 0 amide bonds. The molecule has 1 saturated heterocycles. The largest absolute Gasteiger partial charge is 0.370 e. The number of rotatable bonds is 9. The van der Waals surface area contributed by atoms with Gasteiger partial charge in [-0.05, 0) is 25.0 Å². The highest BCUT2D eigenvalue weighted by molar-refractivity contribution is 14.0. The average Bonchev–Trinajstić information content (AvgIpc) is 2.88. The summed E-state index contributed by atoms with van der Waals surface area (Å²) in [6.07, 6.45) is 10.6. The maximum atomic E-state index is 5.84. The second kappa shape index (κ2) is 13.3. The van der Waals surface area contributed by atoms with E-state index >= 15 is 0 Å². The van der Waals surface area contributed by atoms with Crippen LogP contribution in [0.25, 0.3) is 0 Å². The Morgan fingerprint density at radius 2 is 2.00 bits per heavy atom. The van der Waals surface area contributed by atoms with E-state index in [1.54, 1.807) is 0 Å². The molecule has 1 heterocycles. The van der Waals surface area contributed by atoms with Gasteiger partial charge in [0.05, 0.1) is 6.54 Å². The molecule has 1 fully saturated rings. The fourth-order valence-corrected chi connectivity index (χ4v) is 3.35. The Kier molecular flexibility index (Phi) is 13.6. The van der Waals surface area contributed by atoms with Crippen molar-refractivity contribution in [3.05, 3.63) is 0 Å². The van der Waals surface area contributed by atoms with Gasteiger partial charge in [0.2, 0.25) is 0 Å². The van der Waals surface area contributed by atoms with Gasteiger partial charge in [-0.1, -0.05) is 39.0 Å². The topological polar surface area (TPSA) is 50.4 Å². The Hall–Kier alpha value is 0.350. The fraction of sp³-hybridized carbons (Fsp3) is 0.929. The summed E-state index contributed by atoms with van der Waals surface area (Å²) in [5, 5.41) is 3.92. The van der Waals surface area contributed by atoms with Crippen LogP contribution in [-0.4, -0.2) is 30.1 Å². The minimum atomic E-state index is 0. The van der Waals surface area contributed by atoms with Crippen molar-refractivity contribution in [2.75, 3.05) is 18.8 Å². The number of hydrogen-bond donors (Lipinski definition) is 2. The summed E-state index contributed by atoms with van der Waals surface area (Å²) >= 11 is 2.03. The molecule has 19 heavy (non-hydrogen) atoms. The number of thioether (sulfide) groups is 1. The second-order valence-electron chi connectivity index (χ2n) is 5.06. The molecule has 1 rings (SSSR count). The molecule has 0 aromatic heterocycles. The van der Waals surface area contributed by atoms with Crippen molar-refractivity contribution in [2.45, 2.75) is 63.5 Å². The molecule has 1 aliphatic heterocycles. The second-order valence-corrected chi connectivity index (χ2v) is 6.46. The van der Waals surface area contributed by atoms with Crippen LogP contribution in [-0.2, 0) is 0 Å². The van der Waals surface area contributed by atoms with Crippen LogP contribution in [0.15, 0.2) is 4.99 Å². The number of nitrogens with two attached hydrogens (primary N) is 1. The monoisotopic (exact) mass is 399 g/mol. The molecular formula is C14H30IN3S. The van der Waals surface area contributed by atoms with Gasteiger partial charge in [0.15, 0.2) is 5.96 Å². The highest BCUT2D eigenvalue weighted by Crippen LogP contribution is 2.25. The third kappa shape index (κ3) is 10.8. The molecular weight excluding hydrogens is 369 g/mol. The molecule has 1 atom stereocenters. The first-order chi connectivity index (χ1) is 8.83. The van der Waals surface area contributed by atoms with Crippen molar-refractivity contribution >= 4 is 41.7 Å². The van der Waals surface area contributed by atoms with E-state index in [2.05, 4.69) is 17.2 Å². The smallest absolute Gasteiger partial charge is 0.188 e. The molecule has 0 aliphatic carbocycles. The minimum Gasteiger partial charge on any atom is -0.370 e. The highest BCUT2D eigenvalue weighted by atomic mass is 127. The van der Waals surface area contributed by atoms with Crippen LogP contribution in [0.2, 0.25) is 0 Å². The maximum Gasteiger partial charge on any atom is 0.188 e. The summed E-state index contributed by atoms with van der Waals surface area (Å²) in [7, 11) is 0. The summed E-state index contributed by atoms with van der Waals surface area (Å²) < 4.78 is 0. The first-order valence-corrected chi connectivity index (χ1v) is 8.53. The molecule has 114 valence electrons. The average molecular weight is 399 g/mol. The lowest BCUT2D eigenvalue weighted by Crippen LogP contribution is -2.33. The molecule has 3 nitrogen and oxygen atoms in total. The van der Waals surface area contributed by atoms with Gasteiger partial charge in [0.25, 0.3) is 0 Å². The van der Waals surface area contributed by atoms with Crippen LogP contribution in [0.3, 0.4) is 0 Å². The van der Waals surface area contributed by atoms with E-state index in [0.717, 1.165) is 13.1 Å². The van der Waals surface area contributed by atoms with E-state index < -0.39 is 0 Å². The van der Waals surface area contributed by atoms with E-state index in [1.165, 1.54) is 57.1 Å². The lowest BCUT2D eigenvalue weighted by molar-refractivity contribution is 0.601. The Labute approximate surface area is 140 Å². The van der Waals surface area contributed by atoms with E-state index in [0.29, 0.717) is 11.2 Å². The highest BCUT2D eigenvalue weighted by Gasteiger charge is 2.14. The summed E-state index contributed by atoms with van der Waals surface area (Å²) in [4.78, 5) is 4.42.